The molecule has 0 saturated carbocycles. The molecule has 0 amide bonds. The van der Waals surface area contributed by atoms with Crippen LogP contribution in [0.25, 0.3) is 0 Å². The Hall–Kier alpha value is -1.97. The smallest absolute Gasteiger partial charge is 0.0856 e. The van der Waals surface area contributed by atoms with Crippen LogP contribution in [0, 0.1) is 13.8 Å². The van der Waals surface area contributed by atoms with Gasteiger partial charge in [-0.15, -0.1) is 0 Å². The van der Waals surface area contributed by atoms with Crippen LogP contribution in [0.2, 0.25) is 0 Å². The number of hydrogen-bond donors (Lipinski definition) is 2. The van der Waals surface area contributed by atoms with E-state index in [0.717, 1.165) is 29.2 Å². The van der Waals surface area contributed by atoms with Gasteiger partial charge in [-0.3, -0.25) is 4.68 Å². The average molecular weight is 244 g/mol. The van der Waals surface area contributed by atoms with Crippen molar-refractivity contribution < 1.29 is 0 Å². The molecule has 0 aliphatic carbocycles. The van der Waals surface area contributed by atoms with Crippen LogP contribution >= 0.6 is 0 Å². The molecule has 4 heteroatoms. The Morgan fingerprint density at radius 1 is 1.22 bits per heavy atom. The summed E-state index contributed by atoms with van der Waals surface area (Å²) in [7, 11) is 1.92. The molecule has 0 saturated heterocycles. The summed E-state index contributed by atoms with van der Waals surface area (Å²) in [5.41, 5.74) is 12.3. The van der Waals surface area contributed by atoms with Gasteiger partial charge in [0.2, 0.25) is 0 Å². The minimum Gasteiger partial charge on any atom is -0.397 e. The largest absolute Gasteiger partial charge is 0.397 e. The molecule has 18 heavy (non-hydrogen) atoms. The van der Waals surface area contributed by atoms with E-state index in [0.29, 0.717) is 0 Å². The molecule has 0 fully saturated rings. The quantitative estimate of drug-likeness (QED) is 0.816. The minimum atomic E-state index is 0.768. The van der Waals surface area contributed by atoms with Crippen molar-refractivity contribution in [3.63, 3.8) is 0 Å². The summed E-state index contributed by atoms with van der Waals surface area (Å²) in [5, 5.41) is 7.78. The molecule has 4 nitrogen and oxygen atoms in total. The maximum Gasteiger partial charge on any atom is 0.0856 e. The Kier molecular flexibility index (Phi) is 3.28. The standard InChI is InChI=1S/C14H20N4/c1-5-12-14(8-18(4)17-12)16-13-7-10(3)9(2)6-11(13)15/h6-8,16H,5,15H2,1-4H3. The van der Waals surface area contributed by atoms with Crippen LogP contribution in [-0.4, -0.2) is 9.78 Å². The molecule has 1 heterocycles. The Balaban J connectivity index is 2.36. The van der Waals surface area contributed by atoms with Crippen molar-refractivity contribution in [1.82, 2.24) is 9.78 Å². The first kappa shape index (κ1) is 12.5. The van der Waals surface area contributed by atoms with Crippen LogP contribution in [0.4, 0.5) is 17.1 Å². The van der Waals surface area contributed by atoms with Crippen LogP contribution in [0.15, 0.2) is 18.3 Å². The fourth-order valence-corrected chi connectivity index (χ4v) is 1.99. The molecule has 0 aliphatic heterocycles. The molecule has 0 unspecified atom stereocenters. The van der Waals surface area contributed by atoms with Crippen molar-refractivity contribution in [1.29, 1.82) is 0 Å². The van der Waals surface area contributed by atoms with Gasteiger partial charge in [0.25, 0.3) is 0 Å². The highest BCUT2D eigenvalue weighted by Crippen LogP contribution is 2.27. The lowest BCUT2D eigenvalue weighted by atomic mass is 10.1. The van der Waals surface area contributed by atoms with Gasteiger partial charge in [0.05, 0.1) is 22.8 Å². The first-order chi connectivity index (χ1) is 8.51. The third-order valence-corrected chi connectivity index (χ3v) is 3.18. The first-order valence-corrected chi connectivity index (χ1v) is 6.17. The summed E-state index contributed by atoms with van der Waals surface area (Å²) in [6.45, 7) is 6.25. The highest BCUT2D eigenvalue weighted by molar-refractivity contribution is 5.74. The van der Waals surface area contributed by atoms with Crippen LogP contribution in [0.5, 0.6) is 0 Å². The number of benzene rings is 1. The third kappa shape index (κ3) is 2.32. The van der Waals surface area contributed by atoms with Gasteiger partial charge in [0.15, 0.2) is 0 Å². The summed E-state index contributed by atoms with van der Waals surface area (Å²) >= 11 is 0. The van der Waals surface area contributed by atoms with Crippen molar-refractivity contribution in [2.75, 3.05) is 11.1 Å². The Morgan fingerprint density at radius 2 is 1.89 bits per heavy atom. The van der Waals surface area contributed by atoms with E-state index in [9.17, 15) is 0 Å². The van der Waals surface area contributed by atoms with Crippen LogP contribution < -0.4 is 11.1 Å². The number of anilines is 3. The molecular weight excluding hydrogens is 224 g/mol. The van der Waals surface area contributed by atoms with E-state index in [1.807, 2.05) is 24.0 Å². The summed E-state index contributed by atoms with van der Waals surface area (Å²) in [6.07, 6.45) is 2.88. The van der Waals surface area contributed by atoms with Crippen molar-refractivity contribution in [3.05, 3.63) is 35.2 Å². The molecule has 96 valence electrons. The molecule has 2 aromatic rings. The molecule has 3 N–H and O–H groups in total. The second-order valence-corrected chi connectivity index (χ2v) is 4.67. The number of nitrogens with zero attached hydrogens (tertiary/aromatic N) is 2. The van der Waals surface area contributed by atoms with Gasteiger partial charge in [-0.25, -0.2) is 0 Å². The number of nitrogen functional groups attached to an aromatic ring is 1. The SMILES string of the molecule is CCc1nn(C)cc1Nc1cc(C)c(C)cc1N. The topological polar surface area (TPSA) is 55.9 Å². The number of aryl methyl sites for hydroxylation is 4. The predicted molar refractivity (Wildman–Crippen MR) is 76.2 cm³/mol. The van der Waals surface area contributed by atoms with Gasteiger partial charge >= 0.3 is 0 Å². The lowest BCUT2D eigenvalue weighted by Gasteiger charge is -2.11. The van der Waals surface area contributed by atoms with Gasteiger partial charge < -0.3 is 11.1 Å². The van der Waals surface area contributed by atoms with E-state index in [1.54, 1.807) is 0 Å². The van der Waals surface area contributed by atoms with E-state index in [4.69, 9.17) is 5.73 Å². The first-order valence-electron chi connectivity index (χ1n) is 6.17. The van der Waals surface area contributed by atoms with E-state index in [2.05, 4.69) is 37.3 Å². The minimum absolute atomic E-state index is 0.768. The molecule has 1 aromatic carbocycles. The maximum absolute atomic E-state index is 6.05. The number of hydrogen-bond acceptors (Lipinski definition) is 3. The molecule has 1 aromatic heterocycles. The zero-order valence-electron chi connectivity index (χ0n) is 11.4. The van der Waals surface area contributed by atoms with Crippen molar-refractivity contribution in [3.8, 4) is 0 Å². The van der Waals surface area contributed by atoms with Crippen LogP contribution in [0.1, 0.15) is 23.7 Å². The normalized spacial score (nSPS) is 10.7. The molecule has 0 bridgehead atoms. The second kappa shape index (κ2) is 4.72. The van der Waals surface area contributed by atoms with Crippen molar-refractivity contribution >= 4 is 17.1 Å². The fourth-order valence-electron chi connectivity index (χ4n) is 1.99. The Labute approximate surface area is 108 Å². The van der Waals surface area contributed by atoms with E-state index < -0.39 is 0 Å². The lowest BCUT2D eigenvalue weighted by Crippen LogP contribution is -1.99. The zero-order chi connectivity index (χ0) is 13.3. The van der Waals surface area contributed by atoms with Gasteiger partial charge in [-0.1, -0.05) is 6.92 Å². The van der Waals surface area contributed by atoms with Gasteiger partial charge in [-0.05, 0) is 43.5 Å². The second-order valence-electron chi connectivity index (χ2n) is 4.67. The number of rotatable bonds is 3. The summed E-state index contributed by atoms with van der Waals surface area (Å²) < 4.78 is 1.82. The number of aromatic nitrogens is 2. The molecular formula is C14H20N4. The Morgan fingerprint density at radius 3 is 2.56 bits per heavy atom. The Bertz CT molecular complexity index is 569. The summed E-state index contributed by atoms with van der Waals surface area (Å²) in [6, 6.07) is 4.08. The van der Waals surface area contributed by atoms with E-state index >= 15 is 0 Å². The molecule has 0 radical (unpaired) electrons. The monoisotopic (exact) mass is 244 g/mol. The average Bonchev–Trinajstić information content (AvgIpc) is 2.66. The number of nitrogens with one attached hydrogen (secondary N) is 1. The lowest BCUT2D eigenvalue weighted by molar-refractivity contribution is 0.746. The van der Waals surface area contributed by atoms with Crippen LogP contribution in [0.3, 0.4) is 0 Å². The fraction of sp³-hybridized carbons (Fsp3) is 0.357. The highest BCUT2D eigenvalue weighted by atomic mass is 15.3. The van der Waals surface area contributed by atoms with Gasteiger partial charge in [0.1, 0.15) is 0 Å². The third-order valence-electron chi connectivity index (χ3n) is 3.18. The molecule has 0 aliphatic rings. The molecule has 2 rings (SSSR count). The van der Waals surface area contributed by atoms with Crippen LogP contribution in [-0.2, 0) is 13.5 Å². The van der Waals surface area contributed by atoms with Gasteiger partial charge in [-0.2, -0.15) is 5.10 Å². The zero-order valence-corrected chi connectivity index (χ0v) is 11.4. The van der Waals surface area contributed by atoms with E-state index in [-0.39, 0.29) is 0 Å². The van der Waals surface area contributed by atoms with Crippen molar-refractivity contribution in [2.24, 2.45) is 7.05 Å². The molecule has 0 atom stereocenters. The van der Waals surface area contributed by atoms with Crippen molar-refractivity contribution in [2.45, 2.75) is 27.2 Å². The number of nitrogens with two attached hydrogens (primary N) is 1. The summed E-state index contributed by atoms with van der Waals surface area (Å²) in [5.74, 6) is 0. The highest BCUT2D eigenvalue weighted by Gasteiger charge is 2.08. The van der Waals surface area contributed by atoms with Gasteiger partial charge in [0, 0.05) is 13.2 Å². The maximum atomic E-state index is 6.05. The molecule has 0 spiro atoms. The predicted octanol–water partition coefficient (Wildman–Crippen LogP) is 2.93. The summed E-state index contributed by atoms with van der Waals surface area (Å²) in [4.78, 5) is 0. The van der Waals surface area contributed by atoms with E-state index in [1.165, 1.54) is 11.1 Å².